The van der Waals surface area contributed by atoms with E-state index in [1.54, 1.807) is 11.4 Å². The van der Waals surface area contributed by atoms with Crippen LogP contribution in [0.5, 0.6) is 5.75 Å². The van der Waals surface area contributed by atoms with Gasteiger partial charge in [0.15, 0.2) is 0 Å². The third-order valence-electron chi connectivity index (χ3n) is 6.24. The standard InChI is InChI=1S/C23H25N3O3S/c1-29-19-9-10-21-20(16-19)24-23(22-8-5-13-26(21)22)11-14-25(15-12-23)30(27,28)17-18-6-3-2-4-7-18/h2-10,13,16,24H,11-12,14-15,17H2,1H3. The molecule has 0 amide bonds. The van der Waals surface area contributed by atoms with Gasteiger partial charge < -0.3 is 14.6 Å². The first kappa shape index (κ1) is 19.2. The third-order valence-corrected chi connectivity index (χ3v) is 8.09. The summed E-state index contributed by atoms with van der Waals surface area (Å²) >= 11 is 0. The number of fused-ring (bicyclic) bond motifs is 4. The van der Waals surface area contributed by atoms with Crippen molar-refractivity contribution in [2.45, 2.75) is 24.1 Å². The Hall–Kier alpha value is -2.77. The molecule has 2 aliphatic rings. The van der Waals surface area contributed by atoms with E-state index in [4.69, 9.17) is 4.74 Å². The smallest absolute Gasteiger partial charge is 0.218 e. The third kappa shape index (κ3) is 3.18. The average molecular weight is 424 g/mol. The number of ether oxygens (including phenoxy) is 1. The van der Waals surface area contributed by atoms with Crippen molar-refractivity contribution in [3.8, 4) is 11.4 Å². The molecule has 2 aliphatic heterocycles. The van der Waals surface area contributed by atoms with Crippen LogP contribution in [0.1, 0.15) is 24.1 Å². The fourth-order valence-corrected chi connectivity index (χ4v) is 6.19. The lowest BCUT2D eigenvalue weighted by Gasteiger charge is -2.46. The van der Waals surface area contributed by atoms with Gasteiger partial charge in [-0.15, -0.1) is 0 Å². The number of rotatable bonds is 4. The largest absolute Gasteiger partial charge is 0.497 e. The second-order valence-electron chi connectivity index (χ2n) is 7.99. The van der Waals surface area contributed by atoms with Gasteiger partial charge in [-0.2, -0.15) is 0 Å². The Labute approximate surface area is 177 Å². The number of nitrogens with one attached hydrogen (secondary N) is 1. The molecule has 1 saturated heterocycles. The molecule has 0 unspecified atom stereocenters. The number of nitrogens with zero attached hydrogens (tertiary/aromatic N) is 2. The van der Waals surface area contributed by atoms with Crippen molar-refractivity contribution in [2.75, 3.05) is 25.5 Å². The van der Waals surface area contributed by atoms with E-state index < -0.39 is 10.0 Å². The molecule has 1 N–H and O–H groups in total. The van der Waals surface area contributed by atoms with Gasteiger partial charge in [0.05, 0.1) is 29.8 Å². The van der Waals surface area contributed by atoms with Gasteiger partial charge in [0.25, 0.3) is 0 Å². The Morgan fingerprint density at radius 2 is 1.80 bits per heavy atom. The van der Waals surface area contributed by atoms with E-state index in [2.05, 4.69) is 34.3 Å². The summed E-state index contributed by atoms with van der Waals surface area (Å²) < 4.78 is 35.2. The maximum atomic E-state index is 13.0. The lowest BCUT2D eigenvalue weighted by molar-refractivity contribution is 0.247. The van der Waals surface area contributed by atoms with Crippen LogP contribution in [0.25, 0.3) is 5.69 Å². The van der Waals surface area contributed by atoms with Crippen LogP contribution < -0.4 is 10.1 Å². The summed E-state index contributed by atoms with van der Waals surface area (Å²) in [6.07, 6.45) is 3.49. The molecule has 2 aromatic carbocycles. The number of anilines is 1. The molecular weight excluding hydrogens is 398 g/mol. The number of hydrogen-bond acceptors (Lipinski definition) is 4. The van der Waals surface area contributed by atoms with Crippen molar-refractivity contribution >= 4 is 15.7 Å². The van der Waals surface area contributed by atoms with Crippen LogP contribution in [-0.4, -0.2) is 37.5 Å². The maximum absolute atomic E-state index is 13.0. The van der Waals surface area contributed by atoms with E-state index in [-0.39, 0.29) is 11.3 Å². The highest BCUT2D eigenvalue weighted by atomic mass is 32.2. The topological polar surface area (TPSA) is 63.6 Å². The molecule has 1 aromatic heterocycles. The molecule has 0 aliphatic carbocycles. The van der Waals surface area contributed by atoms with Crippen LogP contribution in [0.2, 0.25) is 0 Å². The van der Waals surface area contributed by atoms with Crippen molar-refractivity contribution < 1.29 is 13.2 Å². The predicted octanol–water partition coefficient (Wildman–Crippen LogP) is 3.73. The monoisotopic (exact) mass is 423 g/mol. The van der Waals surface area contributed by atoms with Crippen molar-refractivity contribution in [3.05, 3.63) is 78.1 Å². The Balaban J connectivity index is 1.40. The fourth-order valence-electron chi connectivity index (χ4n) is 4.66. The molecule has 30 heavy (non-hydrogen) atoms. The summed E-state index contributed by atoms with van der Waals surface area (Å²) in [5, 5.41) is 3.73. The minimum Gasteiger partial charge on any atom is -0.497 e. The van der Waals surface area contributed by atoms with Crippen molar-refractivity contribution in [1.29, 1.82) is 0 Å². The molecule has 1 fully saturated rings. The number of aromatic nitrogens is 1. The molecule has 7 heteroatoms. The zero-order valence-electron chi connectivity index (χ0n) is 16.9. The summed E-state index contributed by atoms with van der Waals surface area (Å²) in [6, 6.07) is 19.6. The molecule has 0 saturated carbocycles. The van der Waals surface area contributed by atoms with Gasteiger partial charge in [0.2, 0.25) is 10.0 Å². The van der Waals surface area contributed by atoms with Crippen molar-refractivity contribution in [1.82, 2.24) is 8.87 Å². The second kappa shape index (κ2) is 7.18. The SMILES string of the molecule is COc1ccc2c(c1)NC1(CCN(S(=O)(=O)Cc3ccccc3)CC1)c1cccn1-2. The first-order valence-corrected chi connectivity index (χ1v) is 11.8. The van der Waals surface area contributed by atoms with Crippen LogP contribution in [-0.2, 0) is 21.3 Å². The summed E-state index contributed by atoms with van der Waals surface area (Å²) in [5.41, 5.74) is 3.81. The average Bonchev–Trinajstić information content (AvgIpc) is 3.25. The Morgan fingerprint density at radius 1 is 1.03 bits per heavy atom. The Morgan fingerprint density at radius 3 is 2.53 bits per heavy atom. The summed E-state index contributed by atoms with van der Waals surface area (Å²) in [4.78, 5) is 0. The van der Waals surface area contributed by atoms with Crippen LogP contribution >= 0.6 is 0 Å². The molecule has 0 bridgehead atoms. The van der Waals surface area contributed by atoms with Gasteiger partial charge in [-0.05, 0) is 42.7 Å². The van der Waals surface area contributed by atoms with E-state index in [0.29, 0.717) is 25.9 Å². The van der Waals surface area contributed by atoms with E-state index in [1.807, 2.05) is 42.5 Å². The number of hydrogen-bond donors (Lipinski definition) is 1. The number of benzene rings is 2. The molecule has 0 radical (unpaired) electrons. The number of piperidine rings is 1. The maximum Gasteiger partial charge on any atom is 0.218 e. The quantitative estimate of drug-likeness (QED) is 0.695. The van der Waals surface area contributed by atoms with Gasteiger partial charge in [-0.3, -0.25) is 0 Å². The second-order valence-corrected chi connectivity index (χ2v) is 9.96. The molecule has 3 heterocycles. The lowest BCUT2D eigenvalue weighted by atomic mass is 9.83. The predicted molar refractivity (Wildman–Crippen MR) is 117 cm³/mol. The molecule has 3 aromatic rings. The fraction of sp³-hybridized carbons (Fsp3) is 0.304. The highest BCUT2D eigenvalue weighted by Crippen LogP contribution is 2.44. The van der Waals surface area contributed by atoms with E-state index in [1.165, 1.54) is 5.69 Å². The minimum absolute atomic E-state index is 0.0463. The van der Waals surface area contributed by atoms with Gasteiger partial charge in [0.1, 0.15) is 5.75 Å². The summed E-state index contributed by atoms with van der Waals surface area (Å²) in [6.45, 7) is 0.985. The first-order valence-electron chi connectivity index (χ1n) is 10.2. The van der Waals surface area contributed by atoms with Crippen molar-refractivity contribution in [3.63, 3.8) is 0 Å². The highest BCUT2D eigenvalue weighted by Gasteiger charge is 2.43. The van der Waals surface area contributed by atoms with Crippen LogP contribution in [0.4, 0.5) is 5.69 Å². The van der Waals surface area contributed by atoms with Crippen LogP contribution in [0.3, 0.4) is 0 Å². The molecule has 5 rings (SSSR count). The molecule has 1 spiro atoms. The molecule has 156 valence electrons. The summed E-state index contributed by atoms with van der Waals surface area (Å²) in [7, 11) is -1.68. The normalized spacial score (nSPS) is 17.8. The van der Waals surface area contributed by atoms with Crippen LogP contribution in [0.15, 0.2) is 66.9 Å². The zero-order chi connectivity index (χ0) is 20.8. The van der Waals surface area contributed by atoms with E-state index >= 15 is 0 Å². The molecule has 6 nitrogen and oxygen atoms in total. The van der Waals surface area contributed by atoms with Gasteiger partial charge in [-0.25, -0.2) is 12.7 Å². The number of sulfonamides is 1. The van der Waals surface area contributed by atoms with Crippen molar-refractivity contribution in [2.24, 2.45) is 0 Å². The highest BCUT2D eigenvalue weighted by molar-refractivity contribution is 7.88. The van der Waals surface area contributed by atoms with E-state index in [9.17, 15) is 8.42 Å². The van der Waals surface area contributed by atoms with Gasteiger partial charge in [-0.1, -0.05) is 30.3 Å². The Bertz CT molecular complexity index is 1160. The first-order chi connectivity index (χ1) is 14.5. The lowest BCUT2D eigenvalue weighted by Crippen LogP contribution is -2.51. The zero-order valence-corrected chi connectivity index (χ0v) is 17.7. The molecular formula is C23H25N3O3S. The number of methoxy groups -OCH3 is 1. The Kier molecular flexibility index (Phi) is 4.60. The van der Waals surface area contributed by atoms with E-state index in [0.717, 1.165) is 22.7 Å². The van der Waals surface area contributed by atoms with Crippen LogP contribution in [0, 0.1) is 0 Å². The minimum atomic E-state index is -3.35. The molecule has 0 atom stereocenters. The van der Waals surface area contributed by atoms with Gasteiger partial charge >= 0.3 is 0 Å². The summed E-state index contributed by atoms with van der Waals surface area (Å²) in [5.74, 6) is 0.847. The van der Waals surface area contributed by atoms with Gasteiger partial charge in [0, 0.05) is 31.0 Å².